The van der Waals surface area contributed by atoms with E-state index in [1.165, 1.54) is 0 Å². The number of hydrogen-bond acceptors (Lipinski definition) is 5. The van der Waals surface area contributed by atoms with Gasteiger partial charge < -0.3 is 10.1 Å². The number of rotatable bonds is 2. The van der Waals surface area contributed by atoms with Crippen molar-refractivity contribution in [3.05, 3.63) is 46.0 Å². The van der Waals surface area contributed by atoms with Gasteiger partial charge in [0, 0.05) is 50.7 Å². The lowest BCUT2D eigenvalue weighted by Crippen LogP contribution is -2.52. The second kappa shape index (κ2) is 6.86. The summed E-state index contributed by atoms with van der Waals surface area (Å²) in [5.74, 6) is 0. The normalized spacial score (nSPS) is 21.5. The lowest BCUT2D eigenvalue weighted by Gasteiger charge is -2.45. The maximum absolute atomic E-state index is 12.5. The molecule has 4 heterocycles. The molecule has 2 aliphatic heterocycles. The third-order valence-corrected chi connectivity index (χ3v) is 5.63. The number of hydrogen-bond donors (Lipinski definition) is 1. The quantitative estimate of drug-likeness (QED) is 0.893. The third kappa shape index (κ3) is 3.34. The largest absolute Gasteiger partial charge is 0.381 e. The highest BCUT2D eigenvalue weighted by molar-refractivity contribution is 5.39. The van der Waals surface area contributed by atoms with E-state index < -0.39 is 0 Å². The molecule has 2 saturated heterocycles. The molecule has 0 atom stereocenters. The van der Waals surface area contributed by atoms with Crippen LogP contribution in [-0.2, 0) is 11.3 Å². The molecule has 0 aliphatic carbocycles. The molecule has 2 fully saturated rings. The van der Waals surface area contributed by atoms with E-state index in [-0.39, 0.29) is 11.1 Å². The highest BCUT2D eigenvalue weighted by Gasteiger charge is 2.39. The molecule has 1 spiro atoms. The molecule has 134 valence electrons. The van der Waals surface area contributed by atoms with E-state index in [0.717, 1.165) is 75.6 Å². The van der Waals surface area contributed by atoms with Gasteiger partial charge in [-0.25, -0.2) is 4.98 Å². The van der Waals surface area contributed by atoms with Crippen molar-refractivity contribution in [1.82, 2.24) is 19.6 Å². The zero-order chi connectivity index (χ0) is 17.3. The van der Waals surface area contributed by atoms with Crippen LogP contribution in [0.5, 0.6) is 0 Å². The van der Waals surface area contributed by atoms with Crippen LogP contribution in [-0.4, -0.2) is 52.7 Å². The van der Waals surface area contributed by atoms with Gasteiger partial charge >= 0.3 is 0 Å². The molecule has 4 rings (SSSR count). The number of aryl methyl sites for hydroxylation is 1. The SMILES string of the molecule is Cc1ccc2nc(CN3CCNCCC34CCOCC4)cc(=O)n2c1. The van der Waals surface area contributed by atoms with E-state index in [4.69, 9.17) is 9.72 Å². The van der Waals surface area contributed by atoms with Crippen LogP contribution in [0.25, 0.3) is 5.65 Å². The number of pyridine rings is 1. The Morgan fingerprint density at radius 2 is 2.08 bits per heavy atom. The summed E-state index contributed by atoms with van der Waals surface area (Å²) in [5, 5.41) is 3.51. The first-order valence-corrected chi connectivity index (χ1v) is 9.19. The summed E-state index contributed by atoms with van der Waals surface area (Å²) >= 11 is 0. The van der Waals surface area contributed by atoms with Crippen LogP contribution in [0.1, 0.15) is 30.5 Å². The fourth-order valence-corrected chi connectivity index (χ4v) is 4.15. The second-order valence-electron chi connectivity index (χ2n) is 7.28. The van der Waals surface area contributed by atoms with Crippen molar-refractivity contribution >= 4 is 5.65 Å². The van der Waals surface area contributed by atoms with E-state index >= 15 is 0 Å². The molecule has 0 amide bonds. The Morgan fingerprint density at radius 3 is 2.92 bits per heavy atom. The predicted molar refractivity (Wildman–Crippen MR) is 96.9 cm³/mol. The number of nitrogens with zero attached hydrogens (tertiary/aromatic N) is 3. The zero-order valence-electron chi connectivity index (χ0n) is 14.8. The van der Waals surface area contributed by atoms with E-state index in [9.17, 15) is 4.79 Å². The zero-order valence-corrected chi connectivity index (χ0v) is 14.8. The van der Waals surface area contributed by atoms with Gasteiger partial charge in [0.1, 0.15) is 5.65 Å². The predicted octanol–water partition coefficient (Wildman–Crippen LogP) is 1.35. The van der Waals surface area contributed by atoms with Crippen molar-refractivity contribution in [3.8, 4) is 0 Å². The van der Waals surface area contributed by atoms with Crippen molar-refractivity contribution in [2.45, 2.75) is 38.3 Å². The average Bonchev–Trinajstić information content (AvgIpc) is 2.79. The van der Waals surface area contributed by atoms with Crippen LogP contribution < -0.4 is 10.9 Å². The van der Waals surface area contributed by atoms with E-state index in [0.29, 0.717) is 0 Å². The Kier molecular flexibility index (Phi) is 4.58. The molecule has 25 heavy (non-hydrogen) atoms. The fourth-order valence-electron chi connectivity index (χ4n) is 4.15. The molecule has 0 aromatic carbocycles. The molecule has 0 radical (unpaired) electrons. The third-order valence-electron chi connectivity index (χ3n) is 5.63. The highest BCUT2D eigenvalue weighted by atomic mass is 16.5. The molecular formula is C19H26N4O2. The minimum Gasteiger partial charge on any atom is -0.381 e. The summed E-state index contributed by atoms with van der Waals surface area (Å²) in [6, 6.07) is 5.62. The van der Waals surface area contributed by atoms with Crippen LogP contribution >= 0.6 is 0 Å². The lowest BCUT2D eigenvalue weighted by molar-refractivity contribution is -0.0312. The summed E-state index contributed by atoms with van der Waals surface area (Å²) in [5.41, 5.74) is 2.81. The molecule has 6 heteroatoms. The number of aromatic nitrogens is 2. The molecule has 0 bridgehead atoms. The monoisotopic (exact) mass is 342 g/mol. The van der Waals surface area contributed by atoms with Crippen LogP contribution in [0, 0.1) is 6.92 Å². The number of nitrogens with one attached hydrogen (secondary N) is 1. The molecule has 0 saturated carbocycles. The Bertz CT molecular complexity index is 811. The summed E-state index contributed by atoms with van der Waals surface area (Å²) in [4.78, 5) is 19.8. The van der Waals surface area contributed by atoms with Gasteiger partial charge in [-0.3, -0.25) is 14.1 Å². The van der Waals surface area contributed by atoms with Crippen LogP contribution in [0.15, 0.2) is 29.2 Å². The molecular weight excluding hydrogens is 316 g/mol. The summed E-state index contributed by atoms with van der Waals surface area (Å²) in [6.07, 6.45) is 5.09. The van der Waals surface area contributed by atoms with Crippen molar-refractivity contribution < 1.29 is 4.74 Å². The number of fused-ring (bicyclic) bond motifs is 1. The highest BCUT2D eigenvalue weighted by Crippen LogP contribution is 2.33. The smallest absolute Gasteiger partial charge is 0.258 e. The van der Waals surface area contributed by atoms with Crippen molar-refractivity contribution in [2.24, 2.45) is 0 Å². The van der Waals surface area contributed by atoms with Gasteiger partial charge in [-0.1, -0.05) is 6.07 Å². The molecule has 2 aromatic rings. The van der Waals surface area contributed by atoms with Crippen LogP contribution in [0.2, 0.25) is 0 Å². The summed E-state index contributed by atoms with van der Waals surface area (Å²) < 4.78 is 7.24. The van der Waals surface area contributed by atoms with E-state index in [1.807, 2.05) is 25.3 Å². The molecule has 6 nitrogen and oxygen atoms in total. The maximum Gasteiger partial charge on any atom is 0.258 e. The van der Waals surface area contributed by atoms with E-state index in [1.54, 1.807) is 10.5 Å². The van der Waals surface area contributed by atoms with Gasteiger partial charge in [0.15, 0.2) is 0 Å². The first kappa shape index (κ1) is 16.7. The Labute approximate surface area is 147 Å². The summed E-state index contributed by atoms with van der Waals surface area (Å²) in [6.45, 7) is 7.36. The Morgan fingerprint density at radius 1 is 1.24 bits per heavy atom. The standard InChI is InChI=1S/C19H26N4O2/c1-15-2-3-17-21-16(12-18(24)23(17)13-15)14-22-9-8-20-7-4-19(22)5-10-25-11-6-19/h2-3,12-13,20H,4-11,14H2,1H3. The average molecular weight is 342 g/mol. The fraction of sp³-hybridized carbons (Fsp3) is 0.579. The Balaban J connectivity index is 1.66. The molecule has 1 N–H and O–H groups in total. The van der Waals surface area contributed by atoms with Gasteiger partial charge in [-0.15, -0.1) is 0 Å². The molecule has 0 unspecified atom stereocenters. The Hall–Kier alpha value is -1.76. The first-order chi connectivity index (χ1) is 12.2. The van der Waals surface area contributed by atoms with Crippen LogP contribution in [0.3, 0.4) is 0 Å². The molecule has 2 aromatic heterocycles. The van der Waals surface area contributed by atoms with Gasteiger partial charge in [0.05, 0.1) is 5.69 Å². The molecule has 2 aliphatic rings. The van der Waals surface area contributed by atoms with Gasteiger partial charge in [-0.2, -0.15) is 0 Å². The first-order valence-electron chi connectivity index (χ1n) is 9.19. The van der Waals surface area contributed by atoms with Gasteiger partial charge in [0.25, 0.3) is 5.56 Å². The van der Waals surface area contributed by atoms with Crippen molar-refractivity contribution in [1.29, 1.82) is 0 Å². The second-order valence-corrected chi connectivity index (χ2v) is 7.28. The summed E-state index contributed by atoms with van der Waals surface area (Å²) in [7, 11) is 0. The topological polar surface area (TPSA) is 58.9 Å². The van der Waals surface area contributed by atoms with Gasteiger partial charge in [0.2, 0.25) is 0 Å². The van der Waals surface area contributed by atoms with Crippen molar-refractivity contribution in [2.75, 3.05) is 32.8 Å². The van der Waals surface area contributed by atoms with Crippen LogP contribution in [0.4, 0.5) is 0 Å². The minimum atomic E-state index is -0.00215. The maximum atomic E-state index is 12.5. The van der Waals surface area contributed by atoms with E-state index in [2.05, 4.69) is 10.2 Å². The lowest BCUT2D eigenvalue weighted by atomic mass is 9.84. The number of ether oxygens (including phenoxy) is 1. The minimum absolute atomic E-state index is 0.00215. The van der Waals surface area contributed by atoms with Crippen molar-refractivity contribution in [3.63, 3.8) is 0 Å². The van der Waals surface area contributed by atoms with Gasteiger partial charge in [-0.05, 0) is 44.4 Å².